The molecule has 5 heteroatoms. The average molecular weight is 346 g/mol. The van der Waals surface area contributed by atoms with E-state index in [1.54, 1.807) is 18.2 Å². The van der Waals surface area contributed by atoms with Crippen molar-refractivity contribution in [1.29, 1.82) is 0 Å². The Morgan fingerprint density at radius 1 is 1.00 bits per heavy atom. The third-order valence-electron chi connectivity index (χ3n) is 3.18. The Morgan fingerprint density at radius 3 is 2.43 bits per heavy atom. The second-order valence-electron chi connectivity index (χ2n) is 4.61. The molecule has 0 saturated carbocycles. The number of aliphatic hydroxyl groups excluding tert-OH is 1. The molecule has 0 spiro atoms. The molecule has 1 atom stereocenters. The third-order valence-corrected chi connectivity index (χ3v) is 4.06. The maximum absolute atomic E-state index is 9.55. The number of hydrogen-bond donors (Lipinski definition) is 1. The van der Waals surface area contributed by atoms with Crippen LogP contribution in [0.1, 0.15) is 17.9 Å². The first kappa shape index (κ1) is 16.4. The monoisotopic (exact) mass is 344 g/mol. The smallest absolute Gasteiger partial charge is 0.137 e. The van der Waals surface area contributed by atoms with Crippen LogP contribution in [0, 0.1) is 0 Å². The highest BCUT2D eigenvalue weighted by molar-refractivity contribution is 6.35. The standard InChI is InChI=1S/C16H15Cl3O2/c17-12-5-6-13(15(19)9-12)11(10-20)7-8-21-16-4-2-1-3-14(16)18/h1-6,9,11,20H,7-8,10H2/t11-/m1/s1. The fraction of sp³-hybridized carbons (Fsp3) is 0.250. The molecular formula is C16H15Cl3O2. The van der Waals surface area contributed by atoms with Gasteiger partial charge < -0.3 is 9.84 Å². The van der Waals surface area contributed by atoms with Crippen LogP contribution in [0.25, 0.3) is 0 Å². The van der Waals surface area contributed by atoms with Crippen molar-refractivity contribution in [3.8, 4) is 5.75 Å². The summed E-state index contributed by atoms with van der Waals surface area (Å²) in [5.74, 6) is 0.537. The molecular weight excluding hydrogens is 331 g/mol. The predicted molar refractivity (Wildman–Crippen MR) is 87.9 cm³/mol. The Hall–Kier alpha value is -0.930. The lowest BCUT2D eigenvalue weighted by Crippen LogP contribution is -2.10. The molecule has 21 heavy (non-hydrogen) atoms. The summed E-state index contributed by atoms with van der Waals surface area (Å²) in [4.78, 5) is 0. The van der Waals surface area contributed by atoms with E-state index in [1.165, 1.54) is 0 Å². The van der Waals surface area contributed by atoms with Crippen LogP contribution in [0.15, 0.2) is 42.5 Å². The molecule has 2 aromatic carbocycles. The van der Waals surface area contributed by atoms with Gasteiger partial charge in [-0.2, -0.15) is 0 Å². The van der Waals surface area contributed by atoms with E-state index in [-0.39, 0.29) is 12.5 Å². The van der Waals surface area contributed by atoms with Gasteiger partial charge in [0.15, 0.2) is 0 Å². The van der Waals surface area contributed by atoms with Crippen molar-refractivity contribution in [2.45, 2.75) is 12.3 Å². The van der Waals surface area contributed by atoms with E-state index in [0.29, 0.717) is 33.8 Å². The normalized spacial score (nSPS) is 12.2. The van der Waals surface area contributed by atoms with Crippen molar-refractivity contribution in [2.24, 2.45) is 0 Å². The molecule has 0 fully saturated rings. The van der Waals surface area contributed by atoms with Gasteiger partial charge in [-0.3, -0.25) is 0 Å². The van der Waals surface area contributed by atoms with Crippen molar-refractivity contribution in [3.63, 3.8) is 0 Å². The largest absolute Gasteiger partial charge is 0.492 e. The van der Waals surface area contributed by atoms with Crippen molar-refractivity contribution in [3.05, 3.63) is 63.1 Å². The van der Waals surface area contributed by atoms with E-state index in [4.69, 9.17) is 39.5 Å². The molecule has 0 aromatic heterocycles. The molecule has 2 aromatic rings. The summed E-state index contributed by atoms with van der Waals surface area (Å²) in [6.45, 7) is 0.432. The van der Waals surface area contributed by atoms with Gasteiger partial charge in [0.25, 0.3) is 0 Å². The van der Waals surface area contributed by atoms with Gasteiger partial charge in [-0.15, -0.1) is 0 Å². The van der Waals surface area contributed by atoms with Gasteiger partial charge in [0, 0.05) is 16.0 Å². The highest BCUT2D eigenvalue weighted by Crippen LogP contribution is 2.30. The van der Waals surface area contributed by atoms with Crippen LogP contribution < -0.4 is 4.74 Å². The van der Waals surface area contributed by atoms with Crippen molar-refractivity contribution in [1.82, 2.24) is 0 Å². The lowest BCUT2D eigenvalue weighted by molar-refractivity contribution is 0.229. The van der Waals surface area contributed by atoms with E-state index < -0.39 is 0 Å². The van der Waals surface area contributed by atoms with E-state index in [2.05, 4.69) is 0 Å². The molecule has 2 nitrogen and oxygen atoms in total. The molecule has 1 N–H and O–H groups in total. The molecule has 0 heterocycles. The topological polar surface area (TPSA) is 29.5 Å². The molecule has 0 unspecified atom stereocenters. The summed E-state index contributed by atoms with van der Waals surface area (Å²) in [5, 5.41) is 11.3. The summed E-state index contributed by atoms with van der Waals surface area (Å²) >= 11 is 18.1. The van der Waals surface area contributed by atoms with E-state index >= 15 is 0 Å². The van der Waals surface area contributed by atoms with Gasteiger partial charge in [0.05, 0.1) is 18.2 Å². The first-order chi connectivity index (χ1) is 10.1. The molecule has 0 aliphatic carbocycles. The fourth-order valence-corrected chi connectivity index (χ4v) is 2.80. The minimum atomic E-state index is -0.0998. The van der Waals surface area contributed by atoms with Gasteiger partial charge in [-0.05, 0) is 36.2 Å². The molecule has 2 rings (SSSR count). The second kappa shape index (κ2) is 7.90. The number of benzene rings is 2. The zero-order valence-electron chi connectivity index (χ0n) is 11.2. The van der Waals surface area contributed by atoms with Crippen LogP contribution in [0.3, 0.4) is 0 Å². The summed E-state index contributed by atoms with van der Waals surface area (Å²) in [6.07, 6.45) is 0.628. The quantitative estimate of drug-likeness (QED) is 0.780. The van der Waals surface area contributed by atoms with Crippen molar-refractivity contribution < 1.29 is 9.84 Å². The van der Waals surface area contributed by atoms with Gasteiger partial charge in [0.1, 0.15) is 5.75 Å². The highest BCUT2D eigenvalue weighted by atomic mass is 35.5. The molecule has 0 amide bonds. The molecule has 0 aliphatic heterocycles. The number of aliphatic hydroxyl groups is 1. The molecule has 0 saturated heterocycles. The summed E-state index contributed by atoms with van der Waals surface area (Å²) < 4.78 is 5.64. The maximum Gasteiger partial charge on any atom is 0.137 e. The maximum atomic E-state index is 9.55. The van der Waals surface area contributed by atoms with Crippen LogP contribution in [-0.4, -0.2) is 18.3 Å². The van der Waals surface area contributed by atoms with Gasteiger partial charge in [-0.25, -0.2) is 0 Å². The Bertz CT molecular complexity index is 602. The Balaban J connectivity index is 1.98. The molecule has 112 valence electrons. The van der Waals surface area contributed by atoms with Crippen LogP contribution in [0.4, 0.5) is 0 Å². The van der Waals surface area contributed by atoms with Crippen LogP contribution >= 0.6 is 34.8 Å². The molecule has 0 bridgehead atoms. The van der Waals surface area contributed by atoms with Crippen molar-refractivity contribution in [2.75, 3.05) is 13.2 Å². The first-order valence-electron chi connectivity index (χ1n) is 6.55. The number of para-hydroxylation sites is 1. The van der Waals surface area contributed by atoms with Crippen LogP contribution in [0.2, 0.25) is 15.1 Å². The number of ether oxygens (including phenoxy) is 1. The number of halogens is 3. The first-order valence-corrected chi connectivity index (χ1v) is 7.68. The summed E-state index contributed by atoms with van der Waals surface area (Å²) in [7, 11) is 0. The van der Waals surface area contributed by atoms with Gasteiger partial charge >= 0.3 is 0 Å². The minimum Gasteiger partial charge on any atom is -0.492 e. The van der Waals surface area contributed by atoms with Gasteiger partial charge in [0.2, 0.25) is 0 Å². The molecule has 0 aliphatic rings. The average Bonchev–Trinajstić information content (AvgIpc) is 2.46. The van der Waals surface area contributed by atoms with Crippen molar-refractivity contribution >= 4 is 34.8 Å². The van der Waals surface area contributed by atoms with E-state index in [1.807, 2.05) is 24.3 Å². The minimum absolute atomic E-state index is 0.00671. The lowest BCUT2D eigenvalue weighted by Gasteiger charge is -2.17. The zero-order chi connectivity index (χ0) is 15.2. The predicted octanol–water partition coefficient (Wildman–Crippen LogP) is 5.19. The van der Waals surface area contributed by atoms with Gasteiger partial charge in [-0.1, -0.05) is 53.0 Å². The summed E-state index contributed by atoms with van der Waals surface area (Å²) in [6, 6.07) is 12.6. The Labute approximate surface area is 139 Å². The Kier molecular flexibility index (Phi) is 6.19. The number of hydrogen-bond acceptors (Lipinski definition) is 2. The Morgan fingerprint density at radius 2 is 1.76 bits per heavy atom. The zero-order valence-corrected chi connectivity index (χ0v) is 13.5. The van der Waals surface area contributed by atoms with E-state index in [0.717, 1.165) is 5.56 Å². The summed E-state index contributed by atoms with van der Waals surface area (Å²) in [5.41, 5.74) is 0.867. The fourth-order valence-electron chi connectivity index (χ4n) is 2.05. The van der Waals surface area contributed by atoms with Crippen LogP contribution in [0.5, 0.6) is 5.75 Å². The number of rotatable bonds is 6. The SMILES string of the molecule is OC[C@@H](CCOc1ccccc1Cl)c1ccc(Cl)cc1Cl. The second-order valence-corrected chi connectivity index (χ2v) is 5.86. The third kappa shape index (κ3) is 4.52. The molecule has 0 radical (unpaired) electrons. The lowest BCUT2D eigenvalue weighted by atomic mass is 9.97. The highest BCUT2D eigenvalue weighted by Gasteiger charge is 2.14. The van der Waals surface area contributed by atoms with Crippen LogP contribution in [-0.2, 0) is 0 Å². The van der Waals surface area contributed by atoms with E-state index in [9.17, 15) is 5.11 Å².